The summed E-state index contributed by atoms with van der Waals surface area (Å²) in [6.45, 7) is 2.07. The minimum absolute atomic E-state index is 0.0476. The maximum Gasteiger partial charge on any atom is 0.341 e. The van der Waals surface area contributed by atoms with Crippen LogP contribution in [0.2, 0.25) is 9.36 Å². The van der Waals surface area contributed by atoms with E-state index < -0.39 is 21.7 Å². The third-order valence-electron chi connectivity index (χ3n) is 2.79. The molecule has 0 radical (unpaired) electrons. The van der Waals surface area contributed by atoms with Crippen LogP contribution in [0.15, 0.2) is 28.5 Å². The largest absolute Gasteiger partial charge is 0.507 e. The quantitative estimate of drug-likeness (QED) is 0.699. The van der Waals surface area contributed by atoms with Crippen molar-refractivity contribution >= 4 is 56.2 Å². The number of halogens is 2. The molecule has 0 aliphatic carbocycles. The van der Waals surface area contributed by atoms with E-state index in [1.165, 1.54) is 18.2 Å². The molecular weight excluding hydrogens is 397 g/mol. The number of anilines is 1. The van der Waals surface area contributed by atoms with E-state index in [1.54, 1.807) is 0 Å². The van der Waals surface area contributed by atoms with Gasteiger partial charge < -0.3 is 9.84 Å². The summed E-state index contributed by atoms with van der Waals surface area (Å²) in [4.78, 5) is 11.7. The second kappa shape index (κ2) is 7.60. The molecule has 0 bridgehead atoms. The van der Waals surface area contributed by atoms with E-state index in [-0.39, 0.29) is 31.4 Å². The van der Waals surface area contributed by atoms with Gasteiger partial charge in [0.25, 0.3) is 10.0 Å². The molecule has 0 spiro atoms. The molecule has 0 aliphatic heterocycles. The number of carbonyl (C=O) groups excluding carboxylic acids is 1. The summed E-state index contributed by atoms with van der Waals surface area (Å²) < 4.78 is 31.8. The van der Waals surface area contributed by atoms with Crippen molar-refractivity contribution in [2.75, 3.05) is 11.3 Å². The summed E-state index contributed by atoms with van der Waals surface area (Å²) >= 11 is 12.3. The van der Waals surface area contributed by atoms with Gasteiger partial charge in [0.15, 0.2) is 0 Å². The molecule has 2 aromatic rings. The van der Waals surface area contributed by atoms with Crippen LogP contribution < -0.4 is 4.72 Å². The first kappa shape index (κ1) is 18.9. The van der Waals surface area contributed by atoms with Gasteiger partial charge in [-0.1, -0.05) is 30.1 Å². The second-order valence-corrected chi connectivity index (χ2v) is 8.63. The van der Waals surface area contributed by atoms with Crippen molar-refractivity contribution in [3.63, 3.8) is 0 Å². The zero-order chi connectivity index (χ0) is 17.9. The molecule has 0 fully saturated rings. The molecule has 0 unspecified atom stereocenters. The molecule has 2 rings (SSSR count). The number of nitrogens with one attached hydrogen (secondary N) is 1. The lowest BCUT2D eigenvalue weighted by Crippen LogP contribution is -2.12. The number of sulfonamides is 1. The number of hydrogen-bond acceptors (Lipinski definition) is 6. The van der Waals surface area contributed by atoms with Gasteiger partial charge in [-0.05, 0) is 24.6 Å². The van der Waals surface area contributed by atoms with Crippen LogP contribution in [0.25, 0.3) is 0 Å². The lowest BCUT2D eigenvalue weighted by molar-refractivity contribution is 0.0502. The van der Waals surface area contributed by atoms with Crippen molar-refractivity contribution in [1.29, 1.82) is 0 Å². The lowest BCUT2D eigenvalue weighted by atomic mass is 10.2. The predicted molar refractivity (Wildman–Crippen MR) is 93.8 cm³/mol. The first-order valence-corrected chi connectivity index (χ1v) is 9.78. The molecule has 6 nitrogen and oxygen atoms in total. The van der Waals surface area contributed by atoms with Crippen molar-refractivity contribution in [1.82, 2.24) is 0 Å². The van der Waals surface area contributed by atoms with Gasteiger partial charge in [-0.2, -0.15) is 0 Å². The van der Waals surface area contributed by atoms with Crippen LogP contribution in [0, 0.1) is 0 Å². The molecule has 0 saturated carbocycles. The maximum atomic E-state index is 12.2. The highest BCUT2D eigenvalue weighted by Crippen LogP contribution is 2.35. The molecule has 1 aromatic carbocycles. The van der Waals surface area contributed by atoms with E-state index in [0.29, 0.717) is 6.42 Å². The number of carbonyl (C=O) groups is 1. The lowest BCUT2D eigenvalue weighted by Gasteiger charge is -2.09. The van der Waals surface area contributed by atoms with Crippen LogP contribution in [0.5, 0.6) is 5.75 Å². The highest BCUT2D eigenvalue weighted by atomic mass is 35.5. The Balaban J connectivity index is 2.21. The van der Waals surface area contributed by atoms with Crippen molar-refractivity contribution in [2.24, 2.45) is 0 Å². The Labute approximate surface area is 153 Å². The summed E-state index contributed by atoms with van der Waals surface area (Å²) in [6.07, 6.45) is 0.649. The number of hydrogen-bond donors (Lipinski definition) is 2. The van der Waals surface area contributed by atoms with Gasteiger partial charge in [0.2, 0.25) is 0 Å². The third-order valence-corrected chi connectivity index (χ3v) is 6.51. The summed E-state index contributed by atoms with van der Waals surface area (Å²) in [5, 5.41) is 10.0. The number of esters is 1. The fourth-order valence-corrected chi connectivity index (χ4v) is 4.63. The van der Waals surface area contributed by atoms with E-state index in [9.17, 15) is 18.3 Å². The summed E-state index contributed by atoms with van der Waals surface area (Å²) in [5.41, 5.74) is 0.0359. The number of ether oxygens (including phenoxy) is 1. The fraction of sp³-hybridized carbons (Fsp3) is 0.214. The molecule has 1 aromatic heterocycles. The average Bonchev–Trinajstić information content (AvgIpc) is 2.85. The van der Waals surface area contributed by atoms with Gasteiger partial charge in [-0.25, -0.2) is 13.2 Å². The maximum absolute atomic E-state index is 12.2. The molecule has 0 amide bonds. The number of aromatic hydroxyl groups is 1. The van der Waals surface area contributed by atoms with Crippen LogP contribution in [0.3, 0.4) is 0 Å². The van der Waals surface area contributed by atoms with Gasteiger partial charge >= 0.3 is 5.97 Å². The second-order valence-electron chi connectivity index (χ2n) is 4.66. The van der Waals surface area contributed by atoms with E-state index in [2.05, 4.69) is 4.72 Å². The van der Waals surface area contributed by atoms with E-state index in [1.807, 2.05) is 6.92 Å². The fourth-order valence-electron chi connectivity index (χ4n) is 1.70. The van der Waals surface area contributed by atoms with E-state index in [0.717, 1.165) is 17.4 Å². The molecule has 24 heavy (non-hydrogen) atoms. The summed E-state index contributed by atoms with van der Waals surface area (Å²) in [5.74, 6) is -1.07. The number of benzene rings is 1. The Kier molecular flexibility index (Phi) is 5.97. The first-order valence-electron chi connectivity index (χ1n) is 6.72. The molecule has 130 valence electrons. The summed E-state index contributed by atoms with van der Waals surface area (Å²) in [7, 11) is -3.91. The van der Waals surface area contributed by atoms with E-state index >= 15 is 0 Å². The molecule has 1 heterocycles. The monoisotopic (exact) mass is 409 g/mol. The predicted octanol–water partition coefficient (Wildman–Crippen LogP) is 4.13. The Morgan fingerprint density at radius 2 is 2.04 bits per heavy atom. The van der Waals surface area contributed by atoms with Crippen LogP contribution in [0.1, 0.15) is 23.7 Å². The number of phenolic OH excluding ortho intramolecular Hbond substituents is 1. The van der Waals surface area contributed by atoms with Crippen LogP contribution >= 0.6 is 34.5 Å². The van der Waals surface area contributed by atoms with Gasteiger partial charge in [0.05, 0.1) is 17.3 Å². The van der Waals surface area contributed by atoms with Gasteiger partial charge in [-0.15, -0.1) is 11.3 Å². The molecule has 2 N–H and O–H groups in total. The van der Waals surface area contributed by atoms with E-state index in [4.69, 9.17) is 27.9 Å². The number of phenols is 1. The highest BCUT2D eigenvalue weighted by Gasteiger charge is 2.20. The zero-order valence-electron chi connectivity index (χ0n) is 12.4. The molecular formula is C14H13Cl2NO5S2. The molecule has 0 aliphatic rings. The summed E-state index contributed by atoms with van der Waals surface area (Å²) in [6, 6.07) is 4.97. The van der Waals surface area contributed by atoms with Crippen molar-refractivity contribution in [3.8, 4) is 5.75 Å². The SMILES string of the molecule is CCCOC(=O)c1ccc(NS(=O)(=O)c2cc(Cl)c(Cl)s2)cc1O. The minimum Gasteiger partial charge on any atom is -0.507 e. The average molecular weight is 410 g/mol. The van der Waals surface area contributed by atoms with Gasteiger partial charge in [0, 0.05) is 6.07 Å². The van der Waals surface area contributed by atoms with Crippen LogP contribution in [-0.4, -0.2) is 26.1 Å². The van der Waals surface area contributed by atoms with Crippen molar-refractivity contribution in [2.45, 2.75) is 17.6 Å². The normalized spacial score (nSPS) is 11.3. The minimum atomic E-state index is -3.91. The van der Waals surface area contributed by atoms with Crippen LogP contribution in [0.4, 0.5) is 5.69 Å². The Morgan fingerprint density at radius 3 is 2.58 bits per heavy atom. The van der Waals surface area contributed by atoms with Gasteiger partial charge in [0.1, 0.15) is 19.9 Å². The Hall–Kier alpha value is -1.48. The Morgan fingerprint density at radius 1 is 1.33 bits per heavy atom. The molecule has 10 heteroatoms. The van der Waals surface area contributed by atoms with Gasteiger partial charge in [-0.3, -0.25) is 4.72 Å². The van der Waals surface area contributed by atoms with Crippen molar-refractivity contribution < 1.29 is 23.1 Å². The molecule has 0 saturated heterocycles. The number of thiophene rings is 1. The standard InChI is InChI=1S/C14H13Cl2NO5S2/c1-2-5-22-14(19)9-4-3-8(6-11(9)18)17-24(20,21)12-7-10(15)13(16)23-12/h3-4,6-7,17-18H,2,5H2,1H3. The first-order chi connectivity index (χ1) is 11.2. The molecule has 0 atom stereocenters. The Bertz CT molecular complexity index is 845. The topological polar surface area (TPSA) is 92.7 Å². The highest BCUT2D eigenvalue weighted by molar-refractivity contribution is 7.94. The smallest absolute Gasteiger partial charge is 0.341 e. The van der Waals surface area contributed by atoms with Crippen LogP contribution in [-0.2, 0) is 14.8 Å². The third kappa shape index (κ3) is 4.32. The zero-order valence-corrected chi connectivity index (χ0v) is 15.5. The van der Waals surface area contributed by atoms with Crippen molar-refractivity contribution in [3.05, 3.63) is 39.2 Å². The number of rotatable bonds is 6.